The van der Waals surface area contributed by atoms with Crippen LogP contribution in [0.3, 0.4) is 0 Å². The number of hydrogen-bond donors (Lipinski definition) is 2. The minimum atomic E-state index is -0.334. The molecule has 2 heterocycles. The van der Waals surface area contributed by atoms with Crippen molar-refractivity contribution in [2.45, 2.75) is 58.5 Å². The van der Waals surface area contributed by atoms with Crippen molar-refractivity contribution >= 4 is 46.0 Å². The number of benzene rings is 2. The van der Waals surface area contributed by atoms with E-state index in [4.69, 9.17) is 43.5 Å². The Bertz CT molecular complexity index is 1780. The fourth-order valence-electron chi connectivity index (χ4n) is 5.33. The number of nitrogens with one attached hydrogen (secondary N) is 1. The molecule has 1 aliphatic rings. The van der Waals surface area contributed by atoms with Crippen LogP contribution in [0.15, 0.2) is 54.4 Å². The minimum Gasteiger partial charge on any atom is -0.493 e. The van der Waals surface area contributed by atoms with Crippen LogP contribution < -0.4 is 20.5 Å². The van der Waals surface area contributed by atoms with Crippen molar-refractivity contribution in [3.05, 3.63) is 64.4 Å². The number of nitriles is 1. The molecule has 1 aliphatic carbocycles. The zero-order valence-corrected chi connectivity index (χ0v) is 26.4. The average molecular weight is 635 g/mol. The van der Waals surface area contributed by atoms with E-state index in [1.165, 1.54) is 6.33 Å². The van der Waals surface area contributed by atoms with Crippen LogP contribution >= 0.6 is 23.2 Å². The summed E-state index contributed by atoms with van der Waals surface area (Å²) in [6.45, 7) is 5.87. The van der Waals surface area contributed by atoms with E-state index < -0.39 is 0 Å². The normalized spacial score (nSPS) is 17.2. The molecule has 1 amide bonds. The summed E-state index contributed by atoms with van der Waals surface area (Å²) in [6.07, 6.45) is 6.12. The standard InChI is InChI=1S/C32H33Cl2N7O3/c1-32(2,3)15-19(16-35)31(42)39-20-6-8-21(9-7-20)41-30-27(29(36)37-17-38-30)28(40-41)18-5-12-25(26(13-18)43-4)44-22-10-11-23(33)24(34)14-22/h5,10-15,17,20-21H,6-9H2,1-4H3,(H,39,42)(H2,36,37,38)/t20-,21-. The van der Waals surface area contributed by atoms with Gasteiger partial charge in [-0.25, -0.2) is 14.6 Å². The lowest BCUT2D eigenvalue weighted by Gasteiger charge is -2.29. The summed E-state index contributed by atoms with van der Waals surface area (Å²) in [6, 6.07) is 12.5. The Balaban J connectivity index is 1.39. The Morgan fingerprint density at radius 3 is 2.50 bits per heavy atom. The van der Waals surface area contributed by atoms with Gasteiger partial charge in [0, 0.05) is 17.7 Å². The Kier molecular flexibility index (Phi) is 9.00. The van der Waals surface area contributed by atoms with Crippen LogP contribution in [-0.2, 0) is 4.79 Å². The smallest absolute Gasteiger partial charge is 0.261 e. The fraction of sp³-hybridized carbons (Fsp3) is 0.344. The molecule has 0 saturated heterocycles. The number of amides is 1. The number of carbonyl (C=O) groups is 1. The summed E-state index contributed by atoms with van der Waals surface area (Å²) in [5, 5.41) is 19.0. The van der Waals surface area contributed by atoms with E-state index in [0.29, 0.717) is 49.8 Å². The van der Waals surface area contributed by atoms with Gasteiger partial charge in [0.15, 0.2) is 17.1 Å². The van der Waals surface area contributed by atoms with E-state index in [0.717, 1.165) is 31.2 Å². The van der Waals surface area contributed by atoms with Crippen molar-refractivity contribution in [2.75, 3.05) is 12.8 Å². The van der Waals surface area contributed by atoms with E-state index in [1.807, 2.05) is 43.7 Å². The van der Waals surface area contributed by atoms with Crippen LogP contribution in [0.4, 0.5) is 5.82 Å². The molecular weight excluding hydrogens is 601 g/mol. The van der Waals surface area contributed by atoms with Gasteiger partial charge in [0.05, 0.1) is 28.6 Å². The molecule has 0 aliphatic heterocycles. The molecule has 1 fully saturated rings. The first-order valence-corrected chi connectivity index (χ1v) is 15.0. The summed E-state index contributed by atoms with van der Waals surface area (Å²) in [5.41, 5.74) is 8.24. The third kappa shape index (κ3) is 6.74. The summed E-state index contributed by atoms with van der Waals surface area (Å²) >= 11 is 12.2. The molecule has 0 spiro atoms. The van der Waals surface area contributed by atoms with E-state index >= 15 is 0 Å². The number of carbonyl (C=O) groups excluding carboxylic acids is 1. The van der Waals surface area contributed by atoms with Gasteiger partial charge in [0.1, 0.15) is 35.2 Å². The van der Waals surface area contributed by atoms with Crippen molar-refractivity contribution in [1.29, 1.82) is 5.26 Å². The van der Waals surface area contributed by atoms with Gasteiger partial charge in [-0.2, -0.15) is 10.4 Å². The summed E-state index contributed by atoms with van der Waals surface area (Å²) in [5.74, 6) is 1.47. The number of hydrogen-bond acceptors (Lipinski definition) is 8. The van der Waals surface area contributed by atoms with Crippen molar-refractivity contribution < 1.29 is 14.3 Å². The predicted octanol–water partition coefficient (Wildman–Crippen LogP) is 7.28. The number of methoxy groups -OCH3 is 1. The van der Waals surface area contributed by atoms with Gasteiger partial charge in [-0.05, 0) is 61.4 Å². The van der Waals surface area contributed by atoms with Crippen LogP contribution in [0.5, 0.6) is 17.2 Å². The monoisotopic (exact) mass is 633 g/mol. The number of allylic oxidation sites excluding steroid dienone is 1. The molecule has 3 N–H and O–H groups in total. The van der Waals surface area contributed by atoms with Gasteiger partial charge in [-0.15, -0.1) is 0 Å². The second-order valence-electron chi connectivity index (χ2n) is 11.8. The second-order valence-corrected chi connectivity index (χ2v) is 12.6. The highest BCUT2D eigenvalue weighted by molar-refractivity contribution is 6.42. The van der Waals surface area contributed by atoms with Crippen LogP contribution in [-0.4, -0.2) is 38.8 Å². The lowest BCUT2D eigenvalue weighted by molar-refractivity contribution is -0.118. The van der Waals surface area contributed by atoms with E-state index in [9.17, 15) is 10.1 Å². The van der Waals surface area contributed by atoms with Crippen molar-refractivity contribution in [2.24, 2.45) is 5.41 Å². The maximum absolute atomic E-state index is 12.8. The number of ether oxygens (including phenoxy) is 2. The van der Waals surface area contributed by atoms with Gasteiger partial charge in [0.25, 0.3) is 5.91 Å². The fourth-order valence-corrected chi connectivity index (χ4v) is 5.62. The SMILES string of the molecule is COc1cc(-c2nn([C@H]3CC[C@H](NC(=O)C(C#N)=CC(C)(C)C)CC3)c3ncnc(N)c23)ccc1Oc1ccc(Cl)c(Cl)c1. The topological polar surface area (TPSA) is 141 Å². The lowest BCUT2D eigenvalue weighted by atomic mass is 9.90. The Hall–Kier alpha value is -4.33. The van der Waals surface area contributed by atoms with Crippen LogP contribution in [0.2, 0.25) is 10.0 Å². The van der Waals surface area contributed by atoms with Gasteiger partial charge >= 0.3 is 0 Å². The highest BCUT2D eigenvalue weighted by Gasteiger charge is 2.29. The molecule has 0 bridgehead atoms. The molecule has 12 heteroatoms. The maximum atomic E-state index is 12.8. The van der Waals surface area contributed by atoms with Gasteiger partial charge < -0.3 is 20.5 Å². The first-order valence-electron chi connectivity index (χ1n) is 14.2. The molecular formula is C32H33Cl2N7O3. The largest absolute Gasteiger partial charge is 0.493 e. The summed E-state index contributed by atoms with van der Waals surface area (Å²) in [4.78, 5) is 21.6. The molecule has 44 heavy (non-hydrogen) atoms. The first-order chi connectivity index (χ1) is 21.0. The summed E-state index contributed by atoms with van der Waals surface area (Å²) < 4.78 is 13.6. The van der Waals surface area contributed by atoms with E-state index in [2.05, 4.69) is 15.3 Å². The lowest BCUT2D eigenvalue weighted by Crippen LogP contribution is -2.38. The second kappa shape index (κ2) is 12.7. The minimum absolute atomic E-state index is 0.0356. The number of anilines is 1. The van der Waals surface area contributed by atoms with Crippen LogP contribution in [0, 0.1) is 16.7 Å². The number of nitrogens with zero attached hydrogens (tertiary/aromatic N) is 5. The van der Waals surface area contributed by atoms with Crippen LogP contribution in [0.1, 0.15) is 52.5 Å². The molecule has 0 radical (unpaired) electrons. The number of nitrogen functional groups attached to an aromatic ring is 1. The molecule has 4 aromatic rings. The molecule has 2 aromatic carbocycles. The van der Waals surface area contributed by atoms with E-state index in [-0.39, 0.29) is 29.0 Å². The van der Waals surface area contributed by atoms with Gasteiger partial charge in [-0.1, -0.05) is 50.0 Å². The third-order valence-electron chi connectivity index (χ3n) is 7.39. The van der Waals surface area contributed by atoms with Crippen molar-refractivity contribution in [3.8, 4) is 34.6 Å². The van der Waals surface area contributed by atoms with Crippen molar-refractivity contribution in [1.82, 2.24) is 25.1 Å². The zero-order valence-electron chi connectivity index (χ0n) is 24.9. The van der Waals surface area contributed by atoms with Gasteiger partial charge in [0.2, 0.25) is 0 Å². The number of fused-ring (bicyclic) bond motifs is 1. The molecule has 228 valence electrons. The van der Waals surface area contributed by atoms with Crippen LogP contribution in [0.25, 0.3) is 22.3 Å². The number of rotatable bonds is 7. The number of halogens is 2. The van der Waals surface area contributed by atoms with Gasteiger partial charge in [-0.3, -0.25) is 4.79 Å². The molecule has 2 aromatic heterocycles. The molecule has 0 atom stereocenters. The van der Waals surface area contributed by atoms with E-state index in [1.54, 1.807) is 37.5 Å². The predicted molar refractivity (Wildman–Crippen MR) is 171 cm³/mol. The Morgan fingerprint density at radius 2 is 1.84 bits per heavy atom. The molecule has 5 rings (SSSR count). The number of nitrogens with two attached hydrogens (primary N) is 1. The summed E-state index contributed by atoms with van der Waals surface area (Å²) in [7, 11) is 1.56. The average Bonchev–Trinajstić information content (AvgIpc) is 3.39. The third-order valence-corrected chi connectivity index (χ3v) is 8.13. The Morgan fingerprint density at radius 1 is 1.09 bits per heavy atom. The molecule has 0 unspecified atom stereocenters. The molecule has 1 saturated carbocycles. The Labute approximate surface area is 265 Å². The quantitative estimate of drug-likeness (QED) is 0.160. The highest BCUT2D eigenvalue weighted by Crippen LogP contribution is 2.40. The maximum Gasteiger partial charge on any atom is 0.261 e. The zero-order chi connectivity index (χ0) is 31.6. The highest BCUT2D eigenvalue weighted by atomic mass is 35.5. The molecule has 10 nitrogen and oxygen atoms in total. The first kappa shape index (κ1) is 31.1. The number of aromatic nitrogens is 4. The van der Waals surface area contributed by atoms with Crippen molar-refractivity contribution in [3.63, 3.8) is 0 Å².